The van der Waals surface area contributed by atoms with Crippen molar-refractivity contribution in [1.29, 1.82) is 0 Å². The number of ether oxygens (including phenoxy) is 1. The van der Waals surface area contributed by atoms with E-state index in [0.29, 0.717) is 24.5 Å². The van der Waals surface area contributed by atoms with Gasteiger partial charge in [-0.3, -0.25) is 13.9 Å². The molecule has 1 aliphatic rings. The predicted octanol–water partition coefficient (Wildman–Crippen LogP) is 2.12. The lowest BCUT2D eigenvalue weighted by atomic mass is 10.1. The average molecular weight is 384 g/mol. The largest absolute Gasteiger partial charge is 0.484 e. The van der Waals surface area contributed by atoms with Gasteiger partial charge < -0.3 is 9.64 Å². The van der Waals surface area contributed by atoms with Gasteiger partial charge in [0, 0.05) is 26.3 Å². The Balaban J connectivity index is 1.49. The van der Waals surface area contributed by atoms with E-state index in [1.807, 2.05) is 6.07 Å². The van der Waals surface area contributed by atoms with E-state index in [9.17, 15) is 14.0 Å². The maximum Gasteiger partial charge on any atom is 0.330 e. The molecule has 7 nitrogen and oxygen atoms in total. The lowest BCUT2D eigenvalue weighted by Crippen LogP contribution is -2.44. The van der Waals surface area contributed by atoms with Gasteiger partial charge in [-0.05, 0) is 49.2 Å². The van der Waals surface area contributed by atoms with Crippen molar-refractivity contribution >= 4 is 17.1 Å². The molecule has 1 unspecified atom stereocenters. The molecule has 0 bridgehead atoms. The summed E-state index contributed by atoms with van der Waals surface area (Å²) < 4.78 is 21.7. The van der Waals surface area contributed by atoms with E-state index < -0.39 is 0 Å². The first kappa shape index (κ1) is 18.2. The zero-order chi connectivity index (χ0) is 19.7. The summed E-state index contributed by atoms with van der Waals surface area (Å²) in [6.45, 7) is 0.928. The molecule has 1 aromatic carbocycles. The van der Waals surface area contributed by atoms with Crippen molar-refractivity contribution in [3.63, 3.8) is 0 Å². The second-order valence-electron chi connectivity index (χ2n) is 6.94. The Hall–Kier alpha value is -3.16. The minimum atomic E-state index is -0.355. The molecule has 1 aliphatic heterocycles. The van der Waals surface area contributed by atoms with E-state index in [4.69, 9.17) is 4.74 Å². The molecule has 0 radical (unpaired) electrons. The zero-order valence-electron chi connectivity index (χ0n) is 15.5. The van der Waals surface area contributed by atoms with Crippen LogP contribution in [0.3, 0.4) is 0 Å². The normalized spacial score (nSPS) is 17.1. The molecule has 0 aliphatic carbocycles. The van der Waals surface area contributed by atoms with Crippen LogP contribution >= 0.6 is 0 Å². The molecule has 1 atom stereocenters. The topological polar surface area (TPSA) is 69.4 Å². The Morgan fingerprint density at radius 3 is 2.86 bits per heavy atom. The van der Waals surface area contributed by atoms with Gasteiger partial charge in [0.05, 0.1) is 11.6 Å². The number of hydrogen-bond acceptors (Lipinski definition) is 4. The summed E-state index contributed by atoms with van der Waals surface area (Å²) in [5.41, 5.74) is 1.28. The number of piperidine rings is 1. The van der Waals surface area contributed by atoms with Gasteiger partial charge in [0.25, 0.3) is 5.91 Å². The third-order valence-electron chi connectivity index (χ3n) is 5.14. The second kappa shape index (κ2) is 7.46. The fourth-order valence-electron chi connectivity index (χ4n) is 3.68. The molecular weight excluding hydrogens is 363 g/mol. The minimum absolute atomic E-state index is 0.124. The van der Waals surface area contributed by atoms with Gasteiger partial charge in [-0.25, -0.2) is 14.2 Å². The summed E-state index contributed by atoms with van der Waals surface area (Å²) in [4.78, 5) is 31.4. The Morgan fingerprint density at radius 1 is 1.29 bits per heavy atom. The summed E-state index contributed by atoms with van der Waals surface area (Å²) in [6.07, 6.45) is 3.27. The summed E-state index contributed by atoms with van der Waals surface area (Å²) in [5.74, 6) is -0.0697. The van der Waals surface area contributed by atoms with E-state index in [0.717, 1.165) is 18.4 Å². The summed E-state index contributed by atoms with van der Waals surface area (Å²) in [6, 6.07) is 9.09. The quantitative estimate of drug-likeness (QED) is 0.691. The Kier molecular flexibility index (Phi) is 4.85. The number of amides is 1. The van der Waals surface area contributed by atoms with Gasteiger partial charge in [-0.2, -0.15) is 0 Å². The van der Waals surface area contributed by atoms with Crippen molar-refractivity contribution in [2.45, 2.75) is 18.9 Å². The number of halogens is 1. The smallest absolute Gasteiger partial charge is 0.330 e. The van der Waals surface area contributed by atoms with Gasteiger partial charge >= 0.3 is 5.69 Å². The molecule has 146 valence electrons. The van der Waals surface area contributed by atoms with Crippen LogP contribution in [0.2, 0.25) is 0 Å². The number of aromatic nitrogens is 3. The lowest BCUT2D eigenvalue weighted by Gasteiger charge is -2.33. The van der Waals surface area contributed by atoms with E-state index in [1.165, 1.54) is 24.3 Å². The zero-order valence-corrected chi connectivity index (χ0v) is 15.5. The highest BCUT2D eigenvalue weighted by Gasteiger charge is 2.28. The van der Waals surface area contributed by atoms with Crippen molar-refractivity contribution in [2.24, 2.45) is 7.05 Å². The molecule has 1 saturated heterocycles. The minimum Gasteiger partial charge on any atom is -0.484 e. The summed E-state index contributed by atoms with van der Waals surface area (Å²) >= 11 is 0. The Bertz CT molecular complexity index is 1060. The number of rotatable bonds is 4. The number of likely N-dealkylation sites (tertiary alicyclic amines) is 1. The molecule has 28 heavy (non-hydrogen) atoms. The van der Waals surface area contributed by atoms with Gasteiger partial charge in [-0.1, -0.05) is 0 Å². The van der Waals surface area contributed by atoms with E-state index in [-0.39, 0.29) is 30.1 Å². The number of imidazole rings is 1. The SMILES string of the molecule is Cn1c(=O)n(C2CCCN(C(=O)COc3ccc(F)cc3)C2)c2ncccc21. The van der Waals surface area contributed by atoms with Crippen LogP contribution < -0.4 is 10.4 Å². The van der Waals surface area contributed by atoms with Crippen molar-refractivity contribution in [3.05, 3.63) is 58.9 Å². The van der Waals surface area contributed by atoms with Crippen LogP contribution in [-0.2, 0) is 11.8 Å². The first-order valence-electron chi connectivity index (χ1n) is 9.22. The van der Waals surface area contributed by atoms with Gasteiger partial charge in [0.15, 0.2) is 12.3 Å². The first-order valence-corrected chi connectivity index (χ1v) is 9.22. The lowest BCUT2D eigenvalue weighted by molar-refractivity contribution is -0.135. The Morgan fingerprint density at radius 2 is 2.07 bits per heavy atom. The fourth-order valence-corrected chi connectivity index (χ4v) is 3.68. The Labute approximate surface area is 161 Å². The third-order valence-corrected chi connectivity index (χ3v) is 5.14. The standard InChI is InChI=1S/C20H21FN4O3/c1-23-17-5-2-10-22-19(17)25(20(23)27)15-4-3-11-24(12-15)18(26)13-28-16-8-6-14(21)7-9-16/h2,5-10,15H,3-4,11-13H2,1H3. The number of carbonyl (C=O) groups is 1. The molecule has 0 saturated carbocycles. The molecular formula is C20H21FN4O3. The highest BCUT2D eigenvalue weighted by Crippen LogP contribution is 2.24. The number of aryl methyl sites for hydroxylation is 1. The van der Waals surface area contributed by atoms with Gasteiger partial charge in [-0.15, -0.1) is 0 Å². The van der Waals surface area contributed by atoms with E-state index in [1.54, 1.807) is 33.3 Å². The summed E-state index contributed by atoms with van der Waals surface area (Å²) in [7, 11) is 1.73. The molecule has 8 heteroatoms. The van der Waals surface area contributed by atoms with Crippen LogP contribution in [-0.4, -0.2) is 44.6 Å². The molecule has 4 rings (SSSR count). The molecule has 1 fully saturated rings. The van der Waals surface area contributed by atoms with Crippen molar-refractivity contribution in [1.82, 2.24) is 19.0 Å². The van der Waals surface area contributed by atoms with E-state index >= 15 is 0 Å². The molecule has 3 aromatic rings. The average Bonchev–Trinajstić information content (AvgIpc) is 2.98. The number of nitrogens with zero attached hydrogens (tertiary/aromatic N) is 4. The molecule has 2 aromatic heterocycles. The molecule has 0 N–H and O–H groups in total. The van der Waals surface area contributed by atoms with Crippen LogP contribution in [0.25, 0.3) is 11.2 Å². The van der Waals surface area contributed by atoms with Crippen molar-refractivity contribution < 1.29 is 13.9 Å². The van der Waals surface area contributed by atoms with Crippen LogP contribution in [0.5, 0.6) is 5.75 Å². The van der Waals surface area contributed by atoms with Crippen molar-refractivity contribution in [2.75, 3.05) is 19.7 Å². The number of carbonyl (C=O) groups excluding carboxylic acids is 1. The fraction of sp³-hybridized carbons (Fsp3) is 0.350. The molecule has 0 spiro atoms. The monoisotopic (exact) mass is 384 g/mol. The highest BCUT2D eigenvalue weighted by atomic mass is 19.1. The maximum absolute atomic E-state index is 13.0. The van der Waals surface area contributed by atoms with Gasteiger partial charge in [0.1, 0.15) is 11.6 Å². The number of fused-ring (bicyclic) bond motifs is 1. The van der Waals surface area contributed by atoms with Crippen LogP contribution in [0, 0.1) is 5.82 Å². The van der Waals surface area contributed by atoms with E-state index in [2.05, 4.69) is 4.98 Å². The van der Waals surface area contributed by atoms with Gasteiger partial charge in [0.2, 0.25) is 0 Å². The van der Waals surface area contributed by atoms with Crippen LogP contribution in [0.15, 0.2) is 47.4 Å². The second-order valence-corrected chi connectivity index (χ2v) is 6.94. The summed E-state index contributed by atoms with van der Waals surface area (Å²) in [5, 5.41) is 0. The predicted molar refractivity (Wildman–Crippen MR) is 102 cm³/mol. The van der Waals surface area contributed by atoms with Crippen LogP contribution in [0.4, 0.5) is 4.39 Å². The number of pyridine rings is 1. The first-order chi connectivity index (χ1) is 13.5. The number of hydrogen-bond donors (Lipinski definition) is 0. The molecule has 1 amide bonds. The number of benzene rings is 1. The highest BCUT2D eigenvalue weighted by molar-refractivity contribution is 5.78. The maximum atomic E-state index is 13.0. The van der Waals surface area contributed by atoms with Crippen LogP contribution in [0.1, 0.15) is 18.9 Å². The van der Waals surface area contributed by atoms with Crippen molar-refractivity contribution in [3.8, 4) is 5.75 Å². The third kappa shape index (κ3) is 3.37. The molecule has 3 heterocycles.